The van der Waals surface area contributed by atoms with Crippen LogP contribution >= 0.6 is 0 Å². The molecule has 0 N–H and O–H groups in total. The lowest BCUT2D eigenvalue weighted by Crippen LogP contribution is -2.30. The third-order valence-corrected chi connectivity index (χ3v) is 8.66. The summed E-state index contributed by atoms with van der Waals surface area (Å²) in [5.74, 6) is 2.01. The van der Waals surface area contributed by atoms with Crippen molar-refractivity contribution >= 4 is 5.78 Å². The van der Waals surface area contributed by atoms with Crippen LogP contribution in [0.4, 0.5) is 0 Å². The second kappa shape index (κ2) is 15.5. The van der Waals surface area contributed by atoms with E-state index in [1.165, 1.54) is 0 Å². The summed E-state index contributed by atoms with van der Waals surface area (Å²) in [4.78, 5) is 14.2. The zero-order valence-corrected chi connectivity index (χ0v) is 27.9. The Labute approximate surface area is 292 Å². The monoisotopic (exact) mass is 662 g/mol. The molecule has 1 heterocycles. The summed E-state index contributed by atoms with van der Waals surface area (Å²) in [6.45, 7) is 3.30. The lowest BCUT2D eigenvalue weighted by molar-refractivity contribution is 0.0679. The van der Waals surface area contributed by atoms with Crippen molar-refractivity contribution in [1.82, 2.24) is 0 Å². The summed E-state index contributed by atoms with van der Waals surface area (Å²) in [7, 11) is 0. The van der Waals surface area contributed by atoms with Crippen LogP contribution in [0, 0.1) is 5.92 Å². The van der Waals surface area contributed by atoms with Gasteiger partial charge >= 0.3 is 0 Å². The van der Waals surface area contributed by atoms with E-state index in [0.29, 0.717) is 60.7 Å². The van der Waals surface area contributed by atoms with E-state index in [-0.39, 0.29) is 5.78 Å². The van der Waals surface area contributed by atoms with Crippen molar-refractivity contribution in [3.8, 4) is 28.7 Å². The van der Waals surface area contributed by atoms with Crippen molar-refractivity contribution in [3.63, 3.8) is 0 Å². The molecule has 2 atom stereocenters. The fourth-order valence-electron chi connectivity index (χ4n) is 5.94. The van der Waals surface area contributed by atoms with Gasteiger partial charge in [0.1, 0.15) is 55.3 Å². The number of fused-ring (bicyclic) bond motifs is 1. The van der Waals surface area contributed by atoms with Crippen LogP contribution in [0.25, 0.3) is 0 Å². The Morgan fingerprint density at radius 3 is 1.48 bits per heavy atom. The molecule has 6 nitrogen and oxygen atoms in total. The van der Waals surface area contributed by atoms with Gasteiger partial charge < -0.3 is 23.7 Å². The topological polar surface area (TPSA) is 63.2 Å². The van der Waals surface area contributed by atoms with Crippen LogP contribution in [0.15, 0.2) is 152 Å². The second-order valence-corrected chi connectivity index (χ2v) is 12.3. The molecule has 1 aliphatic heterocycles. The van der Waals surface area contributed by atoms with Gasteiger partial charge in [-0.1, -0.05) is 134 Å². The molecule has 0 fully saturated rings. The average Bonchev–Trinajstić information content (AvgIpc) is 3.17. The summed E-state index contributed by atoms with van der Waals surface area (Å²) < 4.78 is 31.8. The van der Waals surface area contributed by atoms with Crippen LogP contribution in [0.3, 0.4) is 0 Å². The first-order valence-corrected chi connectivity index (χ1v) is 16.8. The molecule has 50 heavy (non-hydrogen) atoms. The number of benzene rings is 6. The van der Waals surface area contributed by atoms with E-state index in [4.69, 9.17) is 23.7 Å². The first-order chi connectivity index (χ1) is 24.6. The predicted octanol–water partition coefficient (Wildman–Crippen LogP) is 9.96. The van der Waals surface area contributed by atoms with Crippen LogP contribution in [0.5, 0.6) is 28.7 Å². The predicted molar refractivity (Wildman–Crippen MR) is 193 cm³/mol. The molecule has 0 spiro atoms. The number of Topliss-reactive ketones (excluding diaryl/α,β-unsaturated/α-hetero) is 1. The molecule has 6 heteroatoms. The van der Waals surface area contributed by atoms with Gasteiger partial charge in [-0.05, 0) is 39.9 Å². The van der Waals surface area contributed by atoms with Gasteiger partial charge in [0.15, 0.2) is 17.3 Å². The molecule has 1 aliphatic rings. The van der Waals surface area contributed by atoms with Crippen molar-refractivity contribution < 1.29 is 28.5 Å². The highest BCUT2D eigenvalue weighted by Gasteiger charge is 2.38. The Kier molecular flexibility index (Phi) is 10.1. The fraction of sp³-hybridized carbons (Fsp3) is 0.159. The van der Waals surface area contributed by atoms with Gasteiger partial charge in [-0.25, -0.2) is 0 Å². The van der Waals surface area contributed by atoms with Crippen LogP contribution in [-0.2, 0) is 26.4 Å². The Morgan fingerprint density at radius 1 is 0.500 bits per heavy atom. The first-order valence-electron chi connectivity index (χ1n) is 16.8. The molecule has 250 valence electrons. The molecule has 7 rings (SSSR count). The van der Waals surface area contributed by atoms with Crippen molar-refractivity contribution in [2.45, 2.75) is 39.5 Å². The molecule has 0 aliphatic carbocycles. The number of ketones is 1. The minimum Gasteiger partial charge on any atom is -0.489 e. The van der Waals surface area contributed by atoms with E-state index < -0.39 is 12.0 Å². The minimum absolute atomic E-state index is 0.0647. The third kappa shape index (κ3) is 7.82. The SMILES string of the molecule is C[C@@H]1C(=O)c2c(OCc3ccccc3)cc(OCc3ccccc3)cc2O[C@@H]1c1ccc(OCc2ccccc2)c(OCc2ccccc2)c1. The first kappa shape index (κ1) is 32.5. The van der Waals surface area contributed by atoms with Gasteiger partial charge in [-0.2, -0.15) is 0 Å². The van der Waals surface area contributed by atoms with Crippen LogP contribution in [0.2, 0.25) is 0 Å². The van der Waals surface area contributed by atoms with Gasteiger partial charge in [0.25, 0.3) is 0 Å². The second-order valence-electron chi connectivity index (χ2n) is 12.3. The number of hydrogen-bond donors (Lipinski definition) is 0. The molecule has 6 aromatic rings. The molecule has 0 radical (unpaired) electrons. The highest BCUT2D eigenvalue weighted by molar-refractivity contribution is 6.04. The smallest absolute Gasteiger partial charge is 0.177 e. The molecular formula is C44H38O6. The lowest BCUT2D eigenvalue weighted by atomic mass is 9.86. The summed E-state index contributed by atoms with van der Waals surface area (Å²) in [5, 5.41) is 0. The summed E-state index contributed by atoms with van der Waals surface area (Å²) in [5.41, 5.74) is 5.31. The molecular weight excluding hydrogens is 624 g/mol. The average molecular weight is 663 g/mol. The number of carbonyl (C=O) groups excluding carboxylic acids is 1. The third-order valence-electron chi connectivity index (χ3n) is 8.66. The van der Waals surface area contributed by atoms with Gasteiger partial charge in [0.2, 0.25) is 0 Å². The summed E-state index contributed by atoms with van der Waals surface area (Å²) >= 11 is 0. The van der Waals surface area contributed by atoms with E-state index in [0.717, 1.165) is 27.8 Å². The number of ether oxygens (including phenoxy) is 5. The Balaban J connectivity index is 1.19. The summed E-state index contributed by atoms with van der Waals surface area (Å²) in [6.07, 6.45) is -0.580. The van der Waals surface area contributed by atoms with E-state index in [2.05, 4.69) is 0 Å². The molecule has 0 aromatic heterocycles. The van der Waals surface area contributed by atoms with Crippen LogP contribution in [0.1, 0.15) is 51.2 Å². The Bertz CT molecular complexity index is 2010. The van der Waals surface area contributed by atoms with E-state index in [1.54, 1.807) is 12.1 Å². The number of carbonyl (C=O) groups is 1. The number of rotatable bonds is 13. The van der Waals surface area contributed by atoms with Crippen LogP contribution < -0.4 is 23.7 Å². The van der Waals surface area contributed by atoms with E-state index >= 15 is 0 Å². The van der Waals surface area contributed by atoms with E-state index in [1.807, 2.05) is 146 Å². The van der Waals surface area contributed by atoms with Gasteiger partial charge in [-0.15, -0.1) is 0 Å². The maximum absolute atomic E-state index is 14.2. The van der Waals surface area contributed by atoms with Crippen LogP contribution in [-0.4, -0.2) is 5.78 Å². The fourth-order valence-corrected chi connectivity index (χ4v) is 5.94. The van der Waals surface area contributed by atoms with Crippen molar-refractivity contribution in [2.75, 3.05) is 0 Å². The maximum Gasteiger partial charge on any atom is 0.177 e. The molecule has 0 saturated heterocycles. The highest BCUT2D eigenvalue weighted by Crippen LogP contribution is 2.46. The largest absolute Gasteiger partial charge is 0.489 e. The van der Waals surface area contributed by atoms with Crippen molar-refractivity contribution in [1.29, 1.82) is 0 Å². The van der Waals surface area contributed by atoms with Gasteiger partial charge in [0, 0.05) is 12.1 Å². The minimum atomic E-state index is -0.580. The lowest BCUT2D eigenvalue weighted by Gasteiger charge is -2.32. The molecule has 0 unspecified atom stereocenters. The molecule has 0 bridgehead atoms. The Hall–Kier alpha value is -6.01. The standard InChI is InChI=1S/C44H38O6/c1-31-43(45)42-40(49-30-35-20-12-5-13-21-35)25-37(46-27-32-14-6-2-7-15-32)26-41(42)50-44(31)36-22-23-38(47-28-33-16-8-3-9-17-33)39(24-36)48-29-34-18-10-4-11-19-34/h2-26,31,44H,27-30H2,1H3/t31-,44+/m1/s1. The normalized spacial score (nSPS) is 15.0. The molecule has 6 aromatic carbocycles. The van der Waals surface area contributed by atoms with Gasteiger partial charge in [0.05, 0.1) is 5.92 Å². The summed E-state index contributed by atoms with van der Waals surface area (Å²) in [6, 6.07) is 49.1. The van der Waals surface area contributed by atoms with E-state index in [9.17, 15) is 4.79 Å². The maximum atomic E-state index is 14.2. The molecule has 0 amide bonds. The van der Waals surface area contributed by atoms with Crippen molar-refractivity contribution in [2.24, 2.45) is 5.92 Å². The molecule has 0 saturated carbocycles. The number of hydrogen-bond acceptors (Lipinski definition) is 6. The Morgan fingerprint density at radius 2 is 0.960 bits per heavy atom. The zero-order valence-electron chi connectivity index (χ0n) is 27.9. The highest BCUT2D eigenvalue weighted by atomic mass is 16.5. The zero-order chi connectivity index (χ0) is 34.1. The van der Waals surface area contributed by atoms with Gasteiger partial charge in [-0.3, -0.25) is 4.79 Å². The quantitative estimate of drug-likeness (QED) is 0.123. The van der Waals surface area contributed by atoms with Crippen molar-refractivity contribution in [3.05, 3.63) is 185 Å².